The summed E-state index contributed by atoms with van der Waals surface area (Å²) in [5.74, 6) is 0. The van der Waals surface area contributed by atoms with Gasteiger partial charge >= 0.3 is 0 Å². The highest BCUT2D eigenvalue weighted by atomic mass is 35.5. The molecule has 0 saturated heterocycles. The molecule has 0 unspecified atom stereocenters. The highest BCUT2D eigenvalue weighted by Crippen LogP contribution is 2.15. The van der Waals surface area contributed by atoms with Gasteiger partial charge in [-0.05, 0) is 29.7 Å². The first-order valence-corrected chi connectivity index (χ1v) is 4.65. The zero-order valence-electron chi connectivity index (χ0n) is 7.95. The third-order valence-electron chi connectivity index (χ3n) is 2.48. The van der Waals surface area contributed by atoms with Crippen LogP contribution >= 0.6 is 12.4 Å². The Balaban J connectivity index is 0.000000980. The molecule has 1 aromatic carbocycles. The molecule has 2 rings (SSSR count). The molecule has 1 heterocycles. The first kappa shape index (κ1) is 11.2. The first-order valence-electron chi connectivity index (χ1n) is 4.65. The summed E-state index contributed by atoms with van der Waals surface area (Å²) in [6, 6.07) is 6.34. The van der Waals surface area contributed by atoms with Crippen LogP contribution in [-0.4, -0.2) is 12.8 Å². The summed E-state index contributed by atoms with van der Waals surface area (Å²) in [5.41, 5.74) is 3.90. The standard InChI is InChI=1S/C11H13NO.ClH/c13-6-4-9-1-2-10-3-5-12-8-11(10)7-9;/h1-2,6-7,12H,3-5,8H2;1H. The summed E-state index contributed by atoms with van der Waals surface area (Å²) in [5, 5.41) is 3.32. The van der Waals surface area contributed by atoms with Crippen LogP contribution in [0.4, 0.5) is 0 Å². The number of carbonyl (C=O) groups is 1. The average Bonchev–Trinajstić information content (AvgIpc) is 2.18. The predicted molar refractivity (Wildman–Crippen MR) is 58.9 cm³/mol. The van der Waals surface area contributed by atoms with Crippen LogP contribution in [0.3, 0.4) is 0 Å². The lowest BCUT2D eigenvalue weighted by Crippen LogP contribution is -2.23. The Morgan fingerprint density at radius 3 is 3.00 bits per heavy atom. The van der Waals surface area contributed by atoms with Crippen LogP contribution in [0.2, 0.25) is 0 Å². The van der Waals surface area contributed by atoms with Gasteiger partial charge in [0.1, 0.15) is 6.29 Å². The Kier molecular flexibility index (Phi) is 4.11. The minimum absolute atomic E-state index is 0. The third kappa shape index (κ3) is 2.34. The van der Waals surface area contributed by atoms with E-state index >= 15 is 0 Å². The molecule has 1 N–H and O–H groups in total. The van der Waals surface area contributed by atoms with E-state index in [2.05, 4.69) is 23.5 Å². The Morgan fingerprint density at radius 2 is 2.21 bits per heavy atom. The van der Waals surface area contributed by atoms with Crippen LogP contribution < -0.4 is 5.32 Å². The maximum Gasteiger partial charge on any atom is 0.124 e. The van der Waals surface area contributed by atoms with Gasteiger partial charge in [-0.1, -0.05) is 18.2 Å². The summed E-state index contributed by atoms with van der Waals surface area (Å²) >= 11 is 0. The summed E-state index contributed by atoms with van der Waals surface area (Å²) < 4.78 is 0. The van der Waals surface area contributed by atoms with Crippen molar-refractivity contribution < 1.29 is 4.79 Å². The molecule has 0 aliphatic carbocycles. The molecule has 2 nitrogen and oxygen atoms in total. The van der Waals surface area contributed by atoms with Gasteiger partial charge in [-0.3, -0.25) is 0 Å². The van der Waals surface area contributed by atoms with Crippen molar-refractivity contribution in [3.8, 4) is 0 Å². The molecule has 0 radical (unpaired) electrons. The minimum Gasteiger partial charge on any atom is -0.312 e. The van der Waals surface area contributed by atoms with E-state index in [1.807, 2.05) is 0 Å². The molecule has 1 aliphatic heterocycles. The van der Waals surface area contributed by atoms with E-state index in [1.165, 1.54) is 11.1 Å². The van der Waals surface area contributed by atoms with E-state index in [0.717, 1.165) is 31.4 Å². The third-order valence-corrected chi connectivity index (χ3v) is 2.48. The summed E-state index contributed by atoms with van der Waals surface area (Å²) in [6.07, 6.45) is 2.60. The van der Waals surface area contributed by atoms with Gasteiger partial charge in [0.2, 0.25) is 0 Å². The SMILES string of the molecule is Cl.O=CCc1ccc2c(c1)CNCC2. The van der Waals surface area contributed by atoms with Crippen LogP contribution in [0.1, 0.15) is 16.7 Å². The van der Waals surface area contributed by atoms with Gasteiger partial charge < -0.3 is 10.1 Å². The van der Waals surface area contributed by atoms with Gasteiger partial charge in [-0.25, -0.2) is 0 Å². The fourth-order valence-electron chi connectivity index (χ4n) is 1.76. The van der Waals surface area contributed by atoms with Gasteiger partial charge in [-0.2, -0.15) is 0 Å². The van der Waals surface area contributed by atoms with E-state index in [-0.39, 0.29) is 12.4 Å². The van der Waals surface area contributed by atoms with Crippen LogP contribution in [-0.2, 0) is 24.2 Å². The van der Waals surface area contributed by atoms with Gasteiger partial charge in [0, 0.05) is 13.0 Å². The molecule has 14 heavy (non-hydrogen) atoms. The van der Waals surface area contributed by atoms with Crippen molar-refractivity contribution >= 4 is 18.7 Å². The molecule has 0 aromatic heterocycles. The molecule has 0 bridgehead atoms. The second-order valence-electron chi connectivity index (χ2n) is 3.40. The maximum absolute atomic E-state index is 10.3. The zero-order valence-corrected chi connectivity index (χ0v) is 8.77. The number of rotatable bonds is 2. The minimum atomic E-state index is 0. The molecule has 1 aromatic rings. The Morgan fingerprint density at radius 1 is 1.36 bits per heavy atom. The molecule has 0 amide bonds. The zero-order chi connectivity index (χ0) is 9.10. The first-order chi connectivity index (χ1) is 6.40. The molecule has 0 fully saturated rings. The number of aldehydes is 1. The number of carbonyl (C=O) groups excluding carboxylic acids is 1. The fraction of sp³-hybridized carbons (Fsp3) is 0.364. The Bertz CT molecular complexity index is 325. The number of nitrogens with one attached hydrogen (secondary N) is 1. The maximum atomic E-state index is 10.3. The van der Waals surface area contributed by atoms with E-state index in [9.17, 15) is 4.79 Å². The van der Waals surface area contributed by atoms with Crippen molar-refractivity contribution in [1.29, 1.82) is 0 Å². The summed E-state index contributed by atoms with van der Waals surface area (Å²) in [4.78, 5) is 10.3. The molecule has 3 heteroatoms. The topological polar surface area (TPSA) is 29.1 Å². The molecule has 0 spiro atoms. The summed E-state index contributed by atoms with van der Waals surface area (Å²) in [7, 11) is 0. The van der Waals surface area contributed by atoms with E-state index in [4.69, 9.17) is 0 Å². The lowest BCUT2D eigenvalue weighted by molar-refractivity contribution is -0.107. The number of hydrogen-bond acceptors (Lipinski definition) is 2. The van der Waals surface area contributed by atoms with Crippen molar-refractivity contribution in [1.82, 2.24) is 5.32 Å². The second kappa shape index (κ2) is 5.13. The Labute approximate surface area is 90.1 Å². The summed E-state index contributed by atoms with van der Waals surface area (Å²) in [6.45, 7) is 2.02. The lowest BCUT2D eigenvalue weighted by Gasteiger charge is -2.17. The van der Waals surface area contributed by atoms with Crippen molar-refractivity contribution in [2.45, 2.75) is 19.4 Å². The van der Waals surface area contributed by atoms with Gasteiger partial charge in [0.25, 0.3) is 0 Å². The average molecular weight is 212 g/mol. The van der Waals surface area contributed by atoms with Crippen LogP contribution in [0.15, 0.2) is 18.2 Å². The van der Waals surface area contributed by atoms with Crippen molar-refractivity contribution in [3.05, 3.63) is 34.9 Å². The smallest absolute Gasteiger partial charge is 0.124 e. The van der Waals surface area contributed by atoms with E-state index in [0.29, 0.717) is 6.42 Å². The van der Waals surface area contributed by atoms with E-state index in [1.54, 1.807) is 0 Å². The molecule has 76 valence electrons. The molecular formula is C11H14ClNO. The monoisotopic (exact) mass is 211 g/mol. The Hall–Kier alpha value is -0.860. The quantitative estimate of drug-likeness (QED) is 0.752. The van der Waals surface area contributed by atoms with Crippen molar-refractivity contribution in [2.75, 3.05) is 6.54 Å². The number of hydrogen-bond donors (Lipinski definition) is 1. The fourth-order valence-corrected chi connectivity index (χ4v) is 1.76. The lowest BCUT2D eigenvalue weighted by atomic mass is 9.98. The van der Waals surface area contributed by atoms with E-state index < -0.39 is 0 Å². The number of halogens is 1. The number of fused-ring (bicyclic) bond motifs is 1. The molecular weight excluding hydrogens is 198 g/mol. The largest absolute Gasteiger partial charge is 0.312 e. The van der Waals surface area contributed by atoms with Gasteiger partial charge in [0.05, 0.1) is 0 Å². The highest BCUT2D eigenvalue weighted by molar-refractivity contribution is 5.85. The van der Waals surface area contributed by atoms with Gasteiger partial charge in [0.15, 0.2) is 0 Å². The van der Waals surface area contributed by atoms with Crippen LogP contribution in [0, 0.1) is 0 Å². The number of benzene rings is 1. The van der Waals surface area contributed by atoms with Crippen molar-refractivity contribution in [3.63, 3.8) is 0 Å². The predicted octanol–water partition coefficient (Wildman–Crippen LogP) is 1.50. The normalized spacial score (nSPS) is 14.0. The molecule has 0 atom stereocenters. The highest BCUT2D eigenvalue weighted by Gasteiger charge is 2.07. The van der Waals surface area contributed by atoms with Gasteiger partial charge in [-0.15, -0.1) is 12.4 Å². The van der Waals surface area contributed by atoms with Crippen LogP contribution in [0.25, 0.3) is 0 Å². The molecule has 1 aliphatic rings. The molecule has 0 saturated carbocycles. The van der Waals surface area contributed by atoms with Crippen LogP contribution in [0.5, 0.6) is 0 Å². The van der Waals surface area contributed by atoms with Crippen molar-refractivity contribution in [2.24, 2.45) is 0 Å². The second-order valence-corrected chi connectivity index (χ2v) is 3.40.